The number of nitrogens with zero attached hydrogens (tertiary/aromatic N) is 3. The lowest BCUT2D eigenvalue weighted by Crippen LogP contribution is -2.16. The van der Waals surface area contributed by atoms with E-state index in [0.717, 1.165) is 24.2 Å². The Kier molecular flexibility index (Phi) is 6.05. The van der Waals surface area contributed by atoms with Crippen LogP contribution in [0, 0.1) is 0 Å². The molecule has 0 unspecified atom stereocenters. The average molecular weight is 407 g/mol. The van der Waals surface area contributed by atoms with Crippen LogP contribution in [-0.2, 0) is 16.1 Å². The molecule has 0 radical (unpaired) electrons. The zero-order chi connectivity index (χ0) is 20.1. The molecule has 0 N–H and O–H groups in total. The van der Waals surface area contributed by atoms with Gasteiger partial charge in [-0.2, -0.15) is 0 Å². The minimum atomic E-state index is -0.443. The Bertz CT molecular complexity index is 985. The number of ether oxygens (including phenoxy) is 1. The molecule has 1 aliphatic rings. The highest BCUT2D eigenvalue weighted by Crippen LogP contribution is 2.40. The smallest absolute Gasteiger partial charge is 0.316 e. The van der Waals surface area contributed by atoms with E-state index in [1.54, 1.807) is 24.3 Å². The number of benzene rings is 2. The van der Waals surface area contributed by atoms with E-state index in [9.17, 15) is 9.59 Å². The SMILES string of the molecule is O=C(CSc1nnc(C2CC2)n1Cc1ccccc1)OCC(=O)c1ccccc1. The minimum absolute atomic E-state index is 0.0830. The van der Waals surface area contributed by atoms with Crippen LogP contribution in [0.1, 0.15) is 40.5 Å². The Morgan fingerprint density at radius 1 is 1.00 bits per heavy atom. The van der Waals surface area contributed by atoms with Crippen LogP contribution in [0.5, 0.6) is 0 Å². The highest BCUT2D eigenvalue weighted by atomic mass is 32.2. The maximum absolute atomic E-state index is 12.1. The second kappa shape index (κ2) is 9.05. The van der Waals surface area contributed by atoms with E-state index in [0.29, 0.717) is 23.2 Å². The number of esters is 1. The van der Waals surface area contributed by atoms with E-state index in [1.807, 2.05) is 24.3 Å². The van der Waals surface area contributed by atoms with Crippen molar-refractivity contribution in [3.05, 3.63) is 77.6 Å². The van der Waals surface area contributed by atoms with E-state index in [1.165, 1.54) is 11.8 Å². The van der Waals surface area contributed by atoms with Gasteiger partial charge in [-0.05, 0) is 18.4 Å². The van der Waals surface area contributed by atoms with Gasteiger partial charge < -0.3 is 9.30 Å². The number of aromatic nitrogens is 3. The van der Waals surface area contributed by atoms with Crippen LogP contribution < -0.4 is 0 Å². The molecule has 0 spiro atoms. The quantitative estimate of drug-likeness (QED) is 0.306. The van der Waals surface area contributed by atoms with Crippen LogP contribution in [0.2, 0.25) is 0 Å². The maximum atomic E-state index is 12.1. The van der Waals surface area contributed by atoms with Gasteiger partial charge in [-0.25, -0.2) is 0 Å². The van der Waals surface area contributed by atoms with Crippen molar-refractivity contribution in [1.29, 1.82) is 0 Å². The van der Waals surface area contributed by atoms with Crippen LogP contribution >= 0.6 is 11.8 Å². The number of ketones is 1. The number of carbonyl (C=O) groups excluding carboxylic acids is 2. The van der Waals surface area contributed by atoms with Gasteiger partial charge in [-0.3, -0.25) is 9.59 Å². The maximum Gasteiger partial charge on any atom is 0.316 e. The standard InChI is InChI=1S/C22H21N3O3S/c26-19(17-9-5-2-6-10-17)14-28-20(27)15-29-22-24-23-21(18-11-12-18)25(22)13-16-7-3-1-4-8-16/h1-10,18H,11-15H2. The van der Waals surface area contributed by atoms with Gasteiger partial charge in [-0.1, -0.05) is 72.4 Å². The Balaban J connectivity index is 1.35. The molecule has 2 aromatic carbocycles. The van der Waals surface area contributed by atoms with Crippen molar-refractivity contribution in [1.82, 2.24) is 14.8 Å². The number of rotatable bonds is 9. The summed E-state index contributed by atoms with van der Waals surface area (Å²) >= 11 is 1.29. The summed E-state index contributed by atoms with van der Waals surface area (Å²) in [5.41, 5.74) is 1.69. The van der Waals surface area contributed by atoms with E-state index in [-0.39, 0.29) is 18.1 Å². The highest BCUT2D eigenvalue weighted by Gasteiger charge is 2.30. The fourth-order valence-corrected chi connectivity index (χ4v) is 3.73. The summed E-state index contributed by atoms with van der Waals surface area (Å²) in [4.78, 5) is 24.2. The first-order valence-electron chi connectivity index (χ1n) is 9.54. The zero-order valence-corrected chi connectivity index (χ0v) is 16.7. The van der Waals surface area contributed by atoms with Gasteiger partial charge in [0.1, 0.15) is 5.82 Å². The van der Waals surface area contributed by atoms with Crippen LogP contribution in [0.25, 0.3) is 0 Å². The lowest BCUT2D eigenvalue weighted by atomic mass is 10.1. The minimum Gasteiger partial charge on any atom is -0.457 e. The lowest BCUT2D eigenvalue weighted by molar-refractivity contribution is -0.139. The van der Waals surface area contributed by atoms with E-state index >= 15 is 0 Å². The number of Topliss-reactive ketones (excluding diaryl/α,β-unsaturated/α-hetero) is 1. The molecule has 0 bridgehead atoms. The summed E-state index contributed by atoms with van der Waals surface area (Å²) in [6.07, 6.45) is 2.25. The number of hydrogen-bond acceptors (Lipinski definition) is 6. The fourth-order valence-electron chi connectivity index (χ4n) is 2.98. The van der Waals surface area contributed by atoms with Crippen LogP contribution in [0.3, 0.4) is 0 Å². The van der Waals surface area contributed by atoms with Crippen molar-refractivity contribution in [3.63, 3.8) is 0 Å². The average Bonchev–Trinajstić information content (AvgIpc) is 3.53. The second-order valence-electron chi connectivity index (χ2n) is 6.93. The van der Waals surface area contributed by atoms with E-state index in [2.05, 4.69) is 26.9 Å². The third kappa shape index (κ3) is 5.12. The summed E-state index contributed by atoms with van der Waals surface area (Å²) in [6, 6.07) is 18.9. The van der Waals surface area contributed by atoms with Crippen LogP contribution in [0.4, 0.5) is 0 Å². The molecule has 0 atom stereocenters. The van der Waals surface area contributed by atoms with Gasteiger partial charge in [0.05, 0.1) is 12.3 Å². The van der Waals surface area contributed by atoms with Crippen molar-refractivity contribution in [2.24, 2.45) is 0 Å². The Hall–Kier alpha value is -2.93. The molecule has 0 amide bonds. The molecule has 6 nitrogen and oxygen atoms in total. The molecular formula is C22H21N3O3S. The van der Waals surface area contributed by atoms with Gasteiger partial charge in [0, 0.05) is 11.5 Å². The molecule has 0 saturated heterocycles. The van der Waals surface area contributed by atoms with Crippen molar-refractivity contribution < 1.29 is 14.3 Å². The van der Waals surface area contributed by atoms with Gasteiger partial charge in [0.15, 0.2) is 17.5 Å². The third-order valence-corrected chi connectivity index (χ3v) is 5.59. The van der Waals surface area contributed by atoms with Gasteiger partial charge in [-0.15, -0.1) is 10.2 Å². The summed E-state index contributed by atoms with van der Waals surface area (Å²) < 4.78 is 7.22. The van der Waals surface area contributed by atoms with Gasteiger partial charge in [0.2, 0.25) is 0 Å². The molecule has 4 rings (SSSR count). The fraction of sp³-hybridized carbons (Fsp3) is 0.273. The largest absolute Gasteiger partial charge is 0.457 e. The molecule has 7 heteroatoms. The summed E-state index contributed by atoms with van der Waals surface area (Å²) in [5, 5.41) is 9.34. The first-order valence-corrected chi connectivity index (χ1v) is 10.5. The predicted octanol–water partition coefficient (Wildman–Crippen LogP) is 3.72. The first kappa shape index (κ1) is 19.4. The van der Waals surface area contributed by atoms with Crippen molar-refractivity contribution in [3.8, 4) is 0 Å². The second-order valence-corrected chi connectivity index (χ2v) is 7.87. The molecule has 1 aromatic heterocycles. The number of carbonyl (C=O) groups is 2. The van der Waals surface area contributed by atoms with E-state index < -0.39 is 5.97 Å². The Morgan fingerprint density at radius 2 is 1.69 bits per heavy atom. The molecule has 1 saturated carbocycles. The monoisotopic (exact) mass is 407 g/mol. The molecule has 1 fully saturated rings. The third-order valence-electron chi connectivity index (χ3n) is 4.65. The van der Waals surface area contributed by atoms with Gasteiger partial charge >= 0.3 is 5.97 Å². The molecule has 1 heterocycles. The summed E-state index contributed by atoms with van der Waals surface area (Å²) in [6.45, 7) is 0.414. The topological polar surface area (TPSA) is 74.1 Å². The zero-order valence-electron chi connectivity index (χ0n) is 15.9. The van der Waals surface area contributed by atoms with Crippen molar-refractivity contribution in [2.75, 3.05) is 12.4 Å². The molecule has 1 aliphatic carbocycles. The highest BCUT2D eigenvalue weighted by molar-refractivity contribution is 7.99. The summed E-state index contributed by atoms with van der Waals surface area (Å²) in [5.74, 6) is 0.855. The summed E-state index contributed by atoms with van der Waals surface area (Å²) in [7, 11) is 0. The predicted molar refractivity (Wildman–Crippen MR) is 110 cm³/mol. The first-order chi connectivity index (χ1) is 14.2. The molecular weight excluding hydrogens is 386 g/mol. The Morgan fingerprint density at radius 3 is 2.38 bits per heavy atom. The van der Waals surface area contributed by atoms with E-state index in [4.69, 9.17) is 4.74 Å². The molecule has 29 heavy (non-hydrogen) atoms. The molecule has 3 aromatic rings. The van der Waals surface area contributed by atoms with Crippen molar-refractivity contribution >= 4 is 23.5 Å². The van der Waals surface area contributed by atoms with Crippen LogP contribution in [0.15, 0.2) is 65.8 Å². The number of hydrogen-bond donors (Lipinski definition) is 0. The van der Waals surface area contributed by atoms with Crippen molar-refractivity contribution in [2.45, 2.75) is 30.5 Å². The lowest BCUT2D eigenvalue weighted by Gasteiger charge is -2.10. The molecule has 148 valence electrons. The number of thioether (sulfide) groups is 1. The Labute approximate surface area is 173 Å². The van der Waals surface area contributed by atoms with Gasteiger partial charge in [0.25, 0.3) is 0 Å². The molecule has 0 aliphatic heterocycles. The van der Waals surface area contributed by atoms with Crippen LogP contribution in [-0.4, -0.2) is 38.9 Å². The normalized spacial score (nSPS) is 13.2.